The topological polar surface area (TPSA) is 65.8 Å². The summed E-state index contributed by atoms with van der Waals surface area (Å²) in [7, 11) is 0. The largest absolute Gasteiger partial charge is 0.301 e. The van der Waals surface area contributed by atoms with Crippen molar-refractivity contribution in [2.75, 3.05) is 16.8 Å². The summed E-state index contributed by atoms with van der Waals surface area (Å²) < 4.78 is 1.02. The van der Waals surface area contributed by atoms with Crippen LogP contribution in [0.4, 0.5) is 5.13 Å². The lowest BCUT2D eigenvalue weighted by Gasteiger charge is -2.00. The maximum Gasteiger partial charge on any atom is 0.236 e. The summed E-state index contributed by atoms with van der Waals surface area (Å²) >= 11 is 6.14. The minimum atomic E-state index is -0.133. The third-order valence-electron chi connectivity index (χ3n) is 2.56. The maximum absolute atomic E-state index is 11.7. The Morgan fingerprint density at radius 2 is 2.19 bits per heavy atom. The molecule has 0 aliphatic carbocycles. The smallest absolute Gasteiger partial charge is 0.236 e. The first-order valence-corrected chi connectivity index (χ1v) is 8.84. The number of nitriles is 1. The van der Waals surface area contributed by atoms with Crippen LogP contribution in [0.15, 0.2) is 28.7 Å². The Morgan fingerprint density at radius 1 is 1.48 bits per heavy atom. The molecule has 0 bridgehead atoms. The first-order valence-electron chi connectivity index (χ1n) is 6.08. The van der Waals surface area contributed by atoms with E-state index in [4.69, 9.17) is 5.26 Å². The molecule has 0 saturated heterocycles. The number of benzene rings is 1. The average Bonchev–Trinajstić information content (AvgIpc) is 2.80. The summed E-state index contributed by atoms with van der Waals surface area (Å²) in [6.07, 6.45) is 0. The molecule has 1 aromatic carbocycles. The predicted octanol–water partition coefficient (Wildman–Crippen LogP) is 4.08. The average molecular weight is 382 g/mol. The number of nitrogens with zero attached hydrogens (tertiary/aromatic N) is 2. The van der Waals surface area contributed by atoms with Crippen LogP contribution in [0.1, 0.15) is 4.88 Å². The number of carbonyl (C=O) groups is 1. The van der Waals surface area contributed by atoms with E-state index in [0.29, 0.717) is 10.9 Å². The zero-order chi connectivity index (χ0) is 15.2. The number of hydrogen-bond acceptors (Lipinski definition) is 5. The van der Waals surface area contributed by atoms with Gasteiger partial charge in [-0.15, -0.1) is 23.1 Å². The molecular formula is C14H12BrN3OS2. The zero-order valence-corrected chi connectivity index (χ0v) is 14.4. The van der Waals surface area contributed by atoms with Crippen LogP contribution < -0.4 is 5.32 Å². The molecule has 1 heterocycles. The van der Waals surface area contributed by atoms with Gasteiger partial charge in [-0.3, -0.25) is 4.79 Å². The second kappa shape index (κ2) is 7.59. The standard InChI is InChI=1S/C14H12BrN3OS2/c1-9-13(10-2-4-11(15)5-3-10)18-14(21-9)17-12(19)8-20-7-6-16/h2-5H,7-8H2,1H3,(H,17,18,19). The van der Waals surface area contributed by atoms with Crippen LogP contribution in [0.25, 0.3) is 11.3 Å². The van der Waals surface area contributed by atoms with Crippen LogP contribution in [0.2, 0.25) is 0 Å². The van der Waals surface area contributed by atoms with Crippen LogP contribution in [0.5, 0.6) is 0 Å². The van der Waals surface area contributed by atoms with E-state index in [0.717, 1.165) is 20.6 Å². The number of anilines is 1. The minimum Gasteiger partial charge on any atom is -0.301 e. The van der Waals surface area contributed by atoms with Gasteiger partial charge in [0.2, 0.25) is 5.91 Å². The van der Waals surface area contributed by atoms with E-state index in [1.54, 1.807) is 0 Å². The van der Waals surface area contributed by atoms with Crippen LogP contribution in [0.3, 0.4) is 0 Å². The molecule has 0 radical (unpaired) electrons. The van der Waals surface area contributed by atoms with Crippen molar-refractivity contribution in [3.05, 3.63) is 33.6 Å². The SMILES string of the molecule is Cc1sc(NC(=O)CSCC#N)nc1-c1ccc(Br)cc1. The van der Waals surface area contributed by atoms with Gasteiger partial charge in [0.05, 0.1) is 23.3 Å². The molecule has 0 fully saturated rings. The molecule has 2 aromatic rings. The minimum absolute atomic E-state index is 0.133. The van der Waals surface area contributed by atoms with Gasteiger partial charge in [-0.2, -0.15) is 5.26 Å². The maximum atomic E-state index is 11.7. The summed E-state index contributed by atoms with van der Waals surface area (Å²) in [6, 6.07) is 9.89. The molecule has 7 heteroatoms. The number of aromatic nitrogens is 1. The van der Waals surface area contributed by atoms with Gasteiger partial charge in [0, 0.05) is 14.9 Å². The third-order valence-corrected chi connectivity index (χ3v) is 4.77. The monoisotopic (exact) mass is 381 g/mol. The van der Waals surface area contributed by atoms with Crippen molar-refractivity contribution in [2.45, 2.75) is 6.92 Å². The highest BCUT2D eigenvalue weighted by atomic mass is 79.9. The lowest BCUT2D eigenvalue weighted by atomic mass is 10.1. The van der Waals surface area contributed by atoms with Gasteiger partial charge in [-0.25, -0.2) is 4.98 Å². The second-order valence-corrected chi connectivity index (χ2v) is 7.23. The van der Waals surface area contributed by atoms with Crippen molar-refractivity contribution in [3.63, 3.8) is 0 Å². The molecule has 1 aromatic heterocycles. The van der Waals surface area contributed by atoms with Gasteiger partial charge < -0.3 is 5.32 Å². The van der Waals surface area contributed by atoms with Gasteiger partial charge >= 0.3 is 0 Å². The van der Waals surface area contributed by atoms with E-state index in [-0.39, 0.29) is 11.7 Å². The zero-order valence-electron chi connectivity index (χ0n) is 11.2. The number of rotatable bonds is 5. The van der Waals surface area contributed by atoms with Gasteiger partial charge in [-0.05, 0) is 19.1 Å². The molecule has 0 aliphatic heterocycles. The number of amides is 1. The normalized spacial score (nSPS) is 10.1. The highest BCUT2D eigenvalue weighted by molar-refractivity contribution is 9.10. The number of hydrogen-bond donors (Lipinski definition) is 1. The first-order chi connectivity index (χ1) is 10.1. The molecule has 0 saturated carbocycles. The molecule has 0 unspecified atom stereocenters. The van der Waals surface area contributed by atoms with E-state index in [2.05, 4.69) is 26.2 Å². The molecule has 0 atom stereocenters. The number of carbonyl (C=O) groups excluding carboxylic acids is 1. The van der Waals surface area contributed by atoms with E-state index in [1.165, 1.54) is 23.1 Å². The van der Waals surface area contributed by atoms with E-state index in [1.807, 2.05) is 37.3 Å². The van der Waals surface area contributed by atoms with Crippen molar-refractivity contribution in [1.82, 2.24) is 4.98 Å². The van der Waals surface area contributed by atoms with Crippen LogP contribution in [-0.2, 0) is 4.79 Å². The van der Waals surface area contributed by atoms with Crippen LogP contribution >= 0.6 is 39.0 Å². The lowest BCUT2D eigenvalue weighted by Crippen LogP contribution is -2.14. The van der Waals surface area contributed by atoms with Gasteiger partial charge in [0.15, 0.2) is 5.13 Å². The van der Waals surface area contributed by atoms with Crippen LogP contribution in [0, 0.1) is 18.3 Å². The summed E-state index contributed by atoms with van der Waals surface area (Å²) in [5.74, 6) is 0.445. The molecule has 108 valence electrons. The number of thioether (sulfide) groups is 1. The molecule has 0 spiro atoms. The Labute approximate surface area is 139 Å². The molecule has 21 heavy (non-hydrogen) atoms. The van der Waals surface area contributed by atoms with Crippen molar-refractivity contribution in [2.24, 2.45) is 0 Å². The fourth-order valence-electron chi connectivity index (χ4n) is 1.67. The molecule has 4 nitrogen and oxygen atoms in total. The van der Waals surface area contributed by atoms with E-state index < -0.39 is 0 Å². The summed E-state index contributed by atoms with van der Waals surface area (Å²) in [5.41, 5.74) is 1.90. The predicted molar refractivity (Wildman–Crippen MR) is 91.6 cm³/mol. The van der Waals surface area contributed by atoms with E-state index in [9.17, 15) is 4.79 Å². The number of thiazole rings is 1. The number of aryl methyl sites for hydroxylation is 1. The van der Waals surface area contributed by atoms with E-state index >= 15 is 0 Å². The molecule has 1 N–H and O–H groups in total. The second-order valence-electron chi connectivity index (χ2n) is 4.13. The molecule has 0 aliphatic rings. The Bertz CT molecular complexity index is 677. The van der Waals surface area contributed by atoms with Gasteiger partial charge in [-0.1, -0.05) is 28.1 Å². The van der Waals surface area contributed by atoms with Crippen molar-refractivity contribution in [3.8, 4) is 17.3 Å². The van der Waals surface area contributed by atoms with Crippen molar-refractivity contribution < 1.29 is 4.79 Å². The fourth-order valence-corrected chi connectivity index (χ4v) is 3.24. The lowest BCUT2D eigenvalue weighted by molar-refractivity contribution is -0.113. The summed E-state index contributed by atoms with van der Waals surface area (Å²) in [5, 5.41) is 11.8. The van der Waals surface area contributed by atoms with Gasteiger partial charge in [0.1, 0.15) is 0 Å². The van der Waals surface area contributed by atoms with Crippen molar-refractivity contribution >= 4 is 50.1 Å². The van der Waals surface area contributed by atoms with Gasteiger partial charge in [0.25, 0.3) is 0 Å². The fraction of sp³-hybridized carbons (Fsp3) is 0.214. The Hall–Kier alpha value is -1.36. The summed E-state index contributed by atoms with van der Waals surface area (Å²) in [4.78, 5) is 17.2. The Morgan fingerprint density at radius 3 is 2.86 bits per heavy atom. The van der Waals surface area contributed by atoms with Crippen LogP contribution in [-0.4, -0.2) is 22.4 Å². The number of nitrogens with one attached hydrogen (secondary N) is 1. The van der Waals surface area contributed by atoms with Crippen molar-refractivity contribution in [1.29, 1.82) is 5.26 Å². The molecular weight excluding hydrogens is 370 g/mol. The number of halogens is 1. The third kappa shape index (κ3) is 4.56. The molecule has 1 amide bonds. The molecule has 2 rings (SSSR count). The quantitative estimate of drug-likeness (QED) is 0.792. The first kappa shape index (κ1) is 16.0. The Kier molecular flexibility index (Phi) is 5.79. The highest BCUT2D eigenvalue weighted by Crippen LogP contribution is 2.31. The Balaban J connectivity index is 2.07. The highest BCUT2D eigenvalue weighted by Gasteiger charge is 2.12. The summed E-state index contributed by atoms with van der Waals surface area (Å²) in [6.45, 7) is 1.98.